The minimum Gasteiger partial charge on any atom is -0.493 e. The van der Waals surface area contributed by atoms with Crippen LogP contribution in [0.3, 0.4) is 0 Å². The average Bonchev–Trinajstić information content (AvgIpc) is 3.31. The molecule has 0 aliphatic rings. The van der Waals surface area contributed by atoms with Gasteiger partial charge < -0.3 is 14.8 Å². The SMILES string of the molecule is COc1ccc(CCC(=O)Nc2nc(-c3ccc(-c4ccccc4)cc3)cs2)cc1OC. The highest BCUT2D eigenvalue weighted by atomic mass is 32.1. The summed E-state index contributed by atoms with van der Waals surface area (Å²) >= 11 is 1.43. The summed E-state index contributed by atoms with van der Waals surface area (Å²) in [5, 5.41) is 5.46. The first-order valence-electron chi connectivity index (χ1n) is 10.3. The zero-order valence-corrected chi connectivity index (χ0v) is 18.8. The maximum Gasteiger partial charge on any atom is 0.226 e. The van der Waals surface area contributed by atoms with E-state index in [4.69, 9.17) is 9.47 Å². The van der Waals surface area contributed by atoms with Crippen molar-refractivity contribution in [1.82, 2.24) is 4.98 Å². The second kappa shape index (κ2) is 10.1. The van der Waals surface area contributed by atoms with Crippen LogP contribution in [-0.2, 0) is 11.2 Å². The molecule has 3 aromatic carbocycles. The molecule has 4 rings (SSSR count). The summed E-state index contributed by atoms with van der Waals surface area (Å²) in [6.45, 7) is 0. The first-order valence-corrected chi connectivity index (χ1v) is 11.2. The molecule has 0 saturated heterocycles. The fourth-order valence-electron chi connectivity index (χ4n) is 3.40. The Hall–Kier alpha value is -3.64. The van der Waals surface area contributed by atoms with E-state index >= 15 is 0 Å². The Morgan fingerprint density at radius 3 is 2.28 bits per heavy atom. The van der Waals surface area contributed by atoms with Gasteiger partial charge in [-0.3, -0.25) is 4.79 Å². The summed E-state index contributed by atoms with van der Waals surface area (Å²) in [7, 11) is 3.20. The number of rotatable bonds is 8. The van der Waals surface area contributed by atoms with Gasteiger partial charge in [-0.25, -0.2) is 4.98 Å². The maximum absolute atomic E-state index is 12.4. The Labute approximate surface area is 191 Å². The third-order valence-electron chi connectivity index (χ3n) is 5.13. The standard InChI is InChI=1S/C26H24N2O3S/c1-30-23-14-8-18(16-24(23)31-2)9-15-25(29)28-26-27-22(17-32-26)21-12-10-20(11-13-21)19-6-4-3-5-7-19/h3-8,10-14,16-17H,9,15H2,1-2H3,(H,27,28,29). The number of ether oxygens (including phenoxy) is 2. The zero-order chi connectivity index (χ0) is 22.3. The molecule has 1 aromatic heterocycles. The summed E-state index contributed by atoms with van der Waals surface area (Å²) in [6.07, 6.45) is 0.960. The van der Waals surface area contributed by atoms with Crippen LogP contribution in [0.2, 0.25) is 0 Å². The highest BCUT2D eigenvalue weighted by molar-refractivity contribution is 7.14. The molecule has 32 heavy (non-hydrogen) atoms. The quantitative estimate of drug-likeness (QED) is 0.359. The number of aryl methyl sites for hydroxylation is 1. The molecule has 0 unspecified atom stereocenters. The topological polar surface area (TPSA) is 60.5 Å². The maximum atomic E-state index is 12.4. The van der Waals surface area contributed by atoms with Gasteiger partial charge in [0.05, 0.1) is 19.9 Å². The number of hydrogen-bond donors (Lipinski definition) is 1. The van der Waals surface area contributed by atoms with Crippen LogP contribution in [0.15, 0.2) is 78.2 Å². The number of aromatic nitrogens is 1. The number of methoxy groups -OCH3 is 2. The van der Waals surface area contributed by atoms with Crippen molar-refractivity contribution < 1.29 is 14.3 Å². The smallest absolute Gasteiger partial charge is 0.226 e. The molecule has 0 atom stereocenters. The third-order valence-corrected chi connectivity index (χ3v) is 5.88. The molecule has 0 saturated carbocycles. The molecular formula is C26H24N2O3S. The van der Waals surface area contributed by atoms with Crippen LogP contribution in [0.5, 0.6) is 11.5 Å². The third kappa shape index (κ3) is 5.15. The Morgan fingerprint density at radius 2 is 1.56 bits per heavy atom. The van der Waals surface area contributed by atoms with Gasteiger partial charge in [0.15, 0.2) is 16.6 Å². The Bertz CT molecular complexity index is 1190. The van der Waals surface area contributed by atoms with Crippen LogP contribution in [0, 0.1) is 0 Å². The van der Waals surface area contributed by atoms with Crippen molar-refractivity contribution in [3.05, 3.63) is 83.7 Å². The molecule has 6 heteroatoms. The summed E-state index contributed by atoms with van der Waals surface area (Å²) in [6, 6.07) is 24.2. The van der Waals surface area contributed by atoms with Crippen molar-refractivity contribution in [2.75, 3.05) is 19.5 Å². The molecular weight excluding hydrogens is 420 g/mol. The minimum absolute atomic E-state index is 0.0693. The molecule has 5 nitrogen and oxygen atoms in total. The number of amides is 1. The van der Waals surface area contributed by atoms with Gasteiger partial charge in [-0.05, 0) is 35.2 Å². The average molecular weight is 445 g/mol. The van der Waals surface area contributed by atoms with E-state index in [9.17, 15) is 4.79 Å². The van der Waals surface area contributed by atoms with Crippen molar-refractivity contribution in [3.8, 4) is 33.9 Å². The van der Waals surface area contributed by atoms with E-state index in [1.165, 1.54) is 16.9 Å². The first kappa shape index (κ1) is 21.6. The normalized spacial score (nSPS) is 10.6. The number of carbonyl (C=O) groups is 1. The molecule has 0 aliphatic heterocycles. The lowest BCUT2D eigenvalue weighted by atomic mass is 10.0. The van der Waals surface area contributed by atoms with Crippen LogP contribution in [0.1, 0.15) is 12.0 Å². The fraction of sp³-hybridized carbons (Fsp3) is 0.154. The second-order valence-electron chi connectivity index (χ2n) is 7.22. The lowest BCUT2D eigenvalue weighted by Crippen LogP contribution is -2.12. The lowest BCUT2D eigenvalue weighted by Gasteiger charge is -2.09. The Morgan fingerprint density at radius 1 is 0.875 bits per heavy atom. The number of thiazole rings is 1. The van der Waals surface area contributed by atoms with Gasteiger partial charge in [0.1, 0.15) is 0 Å². The van der Waals surface area contributed by atoms with Crippen molar-refractivity contribution in [3.63, 3.8) is 0 Å². The second-order valence-corrected chi connectivity index (χ2v) is 8.08. The summed E-state index contributed by atoms with van der Waals surface area (Å²) in [4.78, 5) is 17.0. The van der Waals surface area contributed by atoms with Crippen molar-refractivity contribution in [1.29, 1.82) is 0 Å². The monoisotopic (exact) mass is 444 g/mol. The van der Waals surface area contributed by atoms with Crippen molar-refractivity contribution >= 4 is 22.4 Å². The van der Waals surface area contributed by atoms with Gasteiger partial charge in [0.2, 0.25) is 5.91 Å². The van der Waals surface area contributed by atoms with Crippen LogP contribution < -0.4 is 14.8 Å². The molecule has 1 heterocycles. The predicted molar refractivity (Wildman–Crippen MR) is 129 cm³/mol. The van der Waals surface area contributed by atoms with Crippen LogP contribution in [0.25, 0.3) is 22.4 Å². The van der Waals surface area contributed by atoms with Gasteiger partial charge >= 0.3 is 0 Å². The van der Waals surface area contributed by atoms with Gasteiger partial charge in [-0.15, -0.1) is 11.3 Å². The highest BCUT2D eigenvalue weighted by Crippen LogP contribution is 2.29. The van der Waals surface area contributed by atoms with E-state index in [0.717, 1.165) is 22.4 Å². The van der Waals surface area contributed by atoms with Crippen LogP contribution in [0.4, 0.5) is 5.13 Å². The summed E-state index contributed by atoms with van der Waals surface area (Å²) in [5.74, 6) is 1.26. The van der Waals surface area contributed by atoms with E-state index < -0.39 is 0 Å². The van der Waals surface area contributed by atoms with E-state index in [1.54, 1.807) is 14.2 Å². The van der Waals surface area contributed by atoms with Crippen LogP contribution in [-0.4, -0.2) is 25.1 Å². The van der Waals surface area contributed by atoms with E-state index in [1.807, 2.05) is 41.8 Å². The Balaban J connectivity index is 1.35. The summed E-state index contributed by atoms with van der Waals surface area (Å²) in [5.41, 5.74) is 5.22. The minimum atomic E-state index is -0.0693. The van der Waals surface area contributed by atoms with Gasteiger partial charge in [-0.1, -0.05) is 60.7 Å². The number of carbonyl (C=O) groups excluding carboxylic acids is 1. The summed E-state index contributed by atoms with van der Waals surface area (Å²) < 4.78 is 10.6. The van der Waals surface area contributed by atoms with E-state index in [2.05, 4.69) is 46.7 Å². The number of nitrogens with zero attached hydrogens (tertiary/aromatic N) is 1. The molecule has 1 amide bonds. The van der Waals surface area contributed by atoms with Gasteiger partial charge in [-0.2, -0.15) is 0 Å². The fourth-order valence-corrected chi connectivity index (χ4v) is 4.14. The number of nitrogens with one attached hydrogen (secondary N) is 1. The molecule has 0 aliphatic carbocycles. The molecule has 0 bridgehead atoms. The van der Waals surface area contributed by atoms with Gasteiger partial charge in [0, 0.05) is 17.4 Å². The Kier molecular flexibility index (Phi) is 6.82. The predicted octanol–water partition coefficient (Wildman–Crippen LogP) is 6.07. The molecule has 0 spiro atoms. The molecule has 162 valence electrons. The van der Waals surface area contributed by atoms with Crippen molar-refractivity contribution in [2.45, 2.75) is 12.8 Å². The lowest BCUT2D eigenvalue weighted by molar-refractivity contribution is -0.116. The zero-order valence-electron chi connectivity index (χ0n) is 18.0. The largest absolute Gasteiger partial charge is 0.493 e. The van der Waals surface area contributed by atoms with Crippen LogP contribution >= 0.6 is 11.3 Å². The molecule has 4 aromatic rings. The van der Waals surface area contributed by atoms with Crippen molar-refractivity contribution in [2.24, 2.45) is 0 Å². The number of benzene rings is 3. The number of hydrogen-bond acceptors (Lipinski definition) is 5. The molecule has 0 radical (unpaired) electrons. The van der Waals surface area contributed by atoms with E-state index in [0.29, 0.717) is 29.5 Å². The first-order chi connectivity index (χ1) is 15.7. The number of anilines is 1. The van der Waals surface area contributed by atoms with E-state index in [-0.39, 0.29) is 5.91 Å². The van der Waals surface area contributed by atoms with Gasteiger partial charge in [0.25, 0.3) is 0 Å². The molecule has 1 N–H and O–H groups in total. The molecule has 0 fully saturated rings. The highest BCUT2D eigenvalue weighted by Gasteiger charge is 2.10.